The van der Waals surface area contributed by atoms with Gasteiger partial charge in [-0.05, 0) is 77.3 Å². The fourth-order valence-electron chi connectivity index (χ4n) is 4.37. The first-order valence-electron chi connectivity index (χ1n) is 13.5. The third kappa shape index (κ3) is 8.99. The number of carbonyl (C=O) groups is 3. The number of allylic oxidation sites excluding steroid dienone is 1. The molecular weight excluding hydrogens is 736 g/mol. The van der Waals surface area contributed by atoms with Gasteiger partial charge in [0.2, 0.25) is 0 Å². The van der Waals surface area contributed by atoms with Crippen LogP contribution in [0, 0.1) is 0 Å². The summed E-state index contributed by atoms with van der Waals surface area (Å²) in [6.45, 7) is 3.40. The number of hydrogen-bond donors (Lipinski definition) is 3. The molecule has 0 saturated carbocycles. The fourth-order valence-corrected chi connectivity index (χ4v) is 5.95. The second-order valence-electron chi connectivity index (χ2n) is 9.51. The van der Waals surface area contributed by atoms with E-state index in [0.717, 1.165) is 10.0 Å². The number of rotatable bonds is 12. The molecule has 4 rings (SSSR count). The highest BCUT2D eigenvalue weighted by Crippen LogP contribution is 2.35. The minimum absolute atomic E-state index is 0.178. The summed E-state index contributed by atoms with van der Waals surface area (Å²) in [6, 6.07) is 14.6. The third-order valence-electron chi connectivity index (χ3n) is 6.35. The molecule has 0 fully saturated rings. The predicted octanol–water partition coefficient (Wildman–Crippen LogP) is 6.17. The van der Waals surface area contributed by atoms with Crippen molar-refractivity contribution >= 4 is 67.6 Å². The molecule has 3 N–H and O–H groups in total. The van der Waals surface area contributed by atoms with E-state index in [4.69, 9.17) is 30.5 Å². The Kier molecular flexibility index (Phi) is 11.9. The van der Waals surface area contributed by atoms with Crippen LogP contribution >= 0.6 is 43.5 Å². The molecule has 1 aliphatic rings. The number of ether oxygens (including phenoxy) is 4. The summed E-state index contributed by atoms with van der Waals surface area (Å²) in [4.78, 5) is 37.4. The number of carbonyl (C=O) groups excluding carboxylic acids is 3. The first-order chi connectivity index (χ1) is 21.6. The van der Waals surface area contributed by atoms with E-state index < -0.39 is 23.9 Å². The van der Waals surface area contributed by atoms with Gasteiger partial charge in [-0.15, -0.1) is 0 Å². The number of benzene rings is 3. The van der Waals surface area contributed by atoms with Crippen molar-refractivity contribution < 1.29 is 33.3 Å². The minimum Gasteiger partial charge on any atom is -0.493 e. The number of esters is 1. The monoisotopic (exact) mass is 762 g/mol. The summed E-state index contributed by atoms with van der Waals surface area (Å²) in [5, 5.41) is 10.00. The van der Waals surface area contributed by atoms with Crippen LogP contribution in [0.25, 0.3) is 0 Å². The first-order valence-corrected chi connectivity index (χ1v) is 15.5. The van der Waals surface area contributed by atoms with E-state index >= 15 is 0 Å². The van der Waals surface area contributed by atoms with Gasteiger partial charge in [-0.2, -0.15) is 5.10 Å². The lowest BCUT2D eigenvalue weighted by molar-refractivity contribution is -0.139. The normalized spacial score (nSPS) is 14.4. The molecule has 0 aliphatic carbocycles. The SMILES string of the molecule is CCOC(=O)C1=C(C)NC(=O)N[C@H]1c1ccc(OCC(=O)N/N=C/c2cc(Br)cc(Br)c2OCc2cccc(Cl)c2)c(OC)c1. The zero-order chi connectivity index (χ0) is 32.5. The molecule has 45 heavy (non-hydrogen) atoms. The van der Waals surface area contributed by atoms with Crippen molar-refractivity contribution in [3.8, 4) is 17.2 Å². The van der Waals surface area contributed by atoms with E-state index in [0.29, 0.717) is 32.1 Å². The van der Waals surface area contributed by atoms with E-state index in [1.807, 2.05) is 24.3 Å². The number of methoxy groups -OCH3 is 1. The number of halogens is 3. The van der Waals surface area contributed by atoms with E-state index in [2.05, 4.69) is 53.0 Å². The molecule has 3 aromatic carbocycles. The Labute approximate surface area is 281 Å². The van der Waals surface area contributed by atoms with Crippen LogP contribution in [0.3, 0.4) is 0 Å². The molecule has 14 heteroatoms. The maximum atomic E-state index is 12.6. The topological polar surface area (TPSA) is 137 Å². The molecule has 0 bridgehead atoms. The molecule has 3 aromatic rings. The summed E-state index contributed by atoms with van der Waals surface area (Å²) in [7, 11) is 1.44. The van der Waals surface area contributed by atoms with Gasteiger partial charge < -0.3 is 29.6 Å². The summed E-state index contributed by atoms with van der Waals surface area (Å²) >= 11 is 13.1. The van der Waals surface area contributed by atoms with E-state index in [9.17, 15) is 14.4 Å². The predicted molar refractivity (Wildman–Crippen MR) is 176 cm³/mol. The van der Waals surface area contributed by atoms with E-state index in [-0.39, 0.29) is 36.9 Å². The van der Waals surface area contributed by atoms with Gasteiger partial charge in [-0.3, -0.25) is 4.79 Å². The molecule has 1 aliphatic heterocycles. The van der Waals surface area contributed by atoms with Crippen LogP contribution in [0.4, 0.5) is 4.79 Å². The Morgan fingerprint density at radius 2 is 1.89 bits per heavy atom. The molecule has 236 valence electrons. The molecule has 0 saturated heterocycles. The van der Waals surface area contributed by atoms with Gasteiger partial charge >= 0.3 is 12.0 Å². The largest absolute Gasteiger partial charge is 0.493 e. The summed E-state index contributed by atoms with van der Waals surface area (Å²) < 4.78 is 23.8. The number of amides is 3. The van der Waals surface area contributed by atoms with E-state index in [1.54, 1.807) is 44.2 Å². The Balaban J connectivity index is 1.41. The highest BCUT2D eigenvalue weighted by atomic mass is 79.9. The smallest absolute Gasteiger partial charge is 0.338 e. The maximum absolute atomic E-state index is 12.6. The Bertz CT molecular complexity index is 1660. The van der Waals surface area contributed by atoms with Gasteiger partial charge in [0.25, 0.3) is 5.91 Å². The number of urea groups is 1. The zero-order valence-electron chi connectivity index (χ0n) is 24.4. The molecule has 1 heterocycles. The van der Waals surface area contributed by atoms with Crippen LogP contribution in [-0.4, -0.2) is 44.4 Å². The van der Waals surface area contributed by atoms with Gasteiger partial charge in [0.05, 0.1) is 36.0 Å². The number of hydrogen-bond acceptors (Lipinski definition) is 8. The standard InChI is InChI=1S/C31H29Br2ClN4O7/c1-4-43-30(40)27-17(2)36-31(41)37-28(27)19-8-9-24(25(12-19)42-3)44-16-26(39)38-35-14-20-11-21(32)13-23(33)29(20)45-15-18-6-5-7-22(34)10-18/h5-14,28H,4,15-16H2,1-3H3,(H,38,39)(H2,36,37,41)/b35-14+/t28-/m0/s1. The quantitative estimate of drug-likeness (QED) is 0.114. The van der Waals surface area contributed by atoms with Gasteiger partial charge in [0.15, 0.2) is 18.1 Å². The minimum atomic E-state index is -0.782. The number of nitrogens with one attached hydrogen (secondary N) is 3. The van der Waals surface area contributed by atoms with Crippen molar-refractivity contribution in [3.63, 3.8) is 0 Å². The van der Waals surface area contributed by atoms with Crippen LogP contribution in [0.1, 0.15) is 36.6 Å². The number of nitrogens with zero attached hydrogens (tertiary/aromatic N) is 1. The second kappa shape index (κ2) is 15.8. The zero-order valence-corrected chi connectivity index (χ0v) is 28.3. The highest BCUT2D eigenvalue weighted by Gasteiger charge is 2.32. The molecule has 11 nitrogen and oxygen atoms in total. The molecule has 1 atom stereocenters. The average Bonchev–Trinajstić information content (AvgIpc) is 2.99. The lowest BCUT2D eigenvalue weighted by Crippen LogP contribution is -2.45. The fraction of sp³-hybridized carbons (Fsp3) is 0.226. The van der Waals surface area contributed by atoms with E-state index in [1.165, 1.54) is 13.3 Å². The molecule has 0 unspecified atom stereocenters. The van der Waals surface area contributed by atoms with Crippen LogP contribution in [0.15, 0.2) is 79.9 Å². The molecule has 0 spiro atoms. The Morgan fingerprint density at radius 1 is 1.09 bits per heavy atom. The van der Waals surface area contributed by atoms with Gasteiger partial charge in [-0.1, -0.05) is 45.7 Å². The Hall–Kier alpha value is -4.07. The van der Waals surface area contributed by atoms with Crippen LogP contribution in [-0.2, 0) is 20.9 Å². The average molecular weight is 765 g/mol. The highest BCUT2D eigenvalue weighted by molar-refractivity contribution is 9.11. The summed E-state index contributed by atoms with van der Waals surface area (Å²) in [5.41, 5.74) is 5.13. The first kappa shape index (κ1) is 33.8. The summed E-state index contributed by atoms with van der Waals surface area (Å²) in [5.74, 6) is 0.00329. The Morgan fingerprint density at radius 3 is 2.62 bits per heavy atom. The van der Waals surface area contributed by atoms with Gasteiger partial charge in [0, 0.05) is 20.8 Å². The van der Waals surface area contributed by atoms with Crippen LogP contribution in [0.5, 0.6) is 17.2 Å². The molecular formula is C31H29Br2ClN4O7. The van der Waals surface area contributed by atoms with Crippen molar-refractivity contribution in [1.82, 2.24) is 16.1 Å². The van der Waals surface area contributed by atoms with Crippen molar-refractivity contribution in [2.45, 2.75) is 26.5 Å². The number of hydrazone groups is 1. The van der Waals surface area contributed by atoms with Crippen molar-refractivity contribution in [3.05, 3.63) is 96.5 Å². The lowest BCUT2D eigenvalue weighted by Gasteiger charge is -2.28. The lowest BCUT2D eigenvalue weighted by atomic mass is 9.95. The van der Waals surface area contributed by atoms with Gasteiger partial charge in [0.1, 0.15) is 12.4 Å². The van der Waals surface area contributed by atoms with Crippen LogP contribution < -0.4 is 30.3 Å². The molecule has 3 amide bonds. The van der Waals surface area contributed by atoms with Crippen molar-refractivity contribution in [1.29, 1.82) is 0 Å². The molecule has 0 aromatic heterocycles. The summed E-state index contributed by atoms with van der Waals surface area (Å²) in [6.07, 6.45) is 1.46. The van der Waals surface area contributed by atoms with Crippen molar-refractivity contribution in [2.24, 2.45) is 5.10 Å². The van der Waals surface area contributed by atoms with Gasteiger partial charge in [-0.25, -0.2) is 15.0 Å². The molecule has 0 radical (unpaired) electrons. The second-order valence-corrected chi connectivity index (χ2v) is 11.7. The van der Waals surface area contributed by atoms with Crippen molar-refractivity contribution in [2.75, 3.05) is 20.3 Å². The maximum Gasteiger partial charge on any atom is 0.338 e. The van der Waals surface area contributed by atoms with Crippen LogP contribution in [0.2, 0.25) is 5.02 Å². The third-order valence-corrected chi connectivity index (χ3v) is 7.63.